The van der Waals surface area contributed by atoms with Crippen molar-refractivity contribution in [3.8, 4) is 5.75 Å². The van der Waals surface area contributed by atoms with Gasteiger partial charge in [-0.1, -0.05) is 18.2 Å². The third-order valence-electron chi connectivity index (χ3n) is 5.31. The van der Waals surface area contributed by atoms with Crippen LogP contribution in [0.15, 0.2) is 24.3 Å². The van der Waals surface area contributed by atoms with Gasteiger partial charge in [0.2, 0.25) is 5.91 Å². The number of para-hydroxylation sites is 1. The Bertz CT molecular complexity index is 569. The smallest absolute Gasteiger partial charge is 0.237 e. The van der Waals surface area contributed by atoms with Crippen molar-refractivity contribution in [1.82, 2.24) is 15.1 Å². The van der Waals surface area contributed by atoms with Crippen molar-refractivity contribution in [1.29, 1.82) is 0 Å². The van der Waals surface area contributed by atoms with Gasteiger partial charge in [0, 0.05) is 37.8 Å². The zero-order valence-electron chi connectivity index (χ0n) is 15.2. The Labute approximate surface area is 157 Å². The van der Waals surface area contributed by atoms with Crippen LogP contribution in [-0.4, -0.2) is 61.6 Å². The molecule has 2 atom stereocenters. The van der Waals surface area contributed by atoms with Crippen LogP contribution in [0.4, 0.5) is 0 Å². The lowest BCUT2D eigenvalue weighted by atomic mass is 10.0. The molecule has 2 aliphatic rings. The highest BCUT2D eigenvalue weighted by molar-refractivity contribution is 5.85. The zero-order chi connectivity index (χ0) is 16.9. The van der Waals surface area contributed by atoms with Crippen LogP contribution in [0.1, 0.15) is 37.8 Å². The van der Waals surface area contributed by atoms with Crippen molar-refractivity contribution in [3.63, 3.8) is 0 Å². The van der Waals surface area contributed by atoms with Crippen LogP contribution >= 0.6 is 12.4 Å². The van der Waals surface area contributed by atoms with Crippen LogP contribution in [0.25, 0.3) is 0 Å². The SMILES string of the molecule is COc1ccccc1C1CNCCN1CC(=O)N1CCCCC1C.Cl. The molecule has 25 heavy (non-hydrogen) atoms. The Morgan fingerprint density at radius 2 is 2.08 bits per heavy atom. The summed E-state index contributed by atoms with van der Waals surface area (Å²) < 4.78 is 5.54. The summed E-state index contributed by atoms with van der Waals surface area (Å²) in [6.45, 7) is 6.24. The molecule has 6 heteroatoms. The summed E-state index contributed by atoms with van der Waals surface area (Å²) in [5, 5.41) is 3.45. The lowest BCUT2D eigenvalue weighted by Gasteiger charge is -2.39. The summed E-state index contributed by atoms with van der Waals surface area (Å²) in [6.07, 6.45) is 3.50. The van der Waals surface area contributed by atoms with Crippen molar-refractivity contribution in [2.24, 2.45) is 0 Å². The summed E-state index contributed by atoms with van der Waals surface area (Å²) in [4.78, 5) is 17.2. The first kappa shape index (κ1) is 20.0. The van der Waals surface area contributed by atoms with E-state index in [1.807, 2.05) is 18.2 Å². The molecule has 0 radical (unpaired) electrons. The quantitative estimate of drug-likeness (QED) is 0.887. The molecule has 1 aromatic rings. The van der Waals surface area contributed by atoms with Crippen molar-refractivity contribution in [2.45, 2.75) is 38.3 Å². The molecule has 2 fully saturated rings. The second-order valence-corrected chi connectivity index (χ2v) is 6.86. The maximum absolute atomic E-state index is 12.8. The number of hydrogen-bond donors (Lipinski definition) is 1. The molecule has 0 aromatic heterocycles. The van der Waals surface area contributed by atoms with E-state index in [2.05, 4.69) is 28.1 Å². The van der Waals surface area contributed by atoms with Crippen molar-refractivity contribution in [3.05, 3.63) is 29.8 Å². The van der Waals surface area contributed by atoms with E-state index in [1.165, 1.54) is 6.42 Å². The number of nitrogens with one attached hydrogen (secondary N) is 1. The average Bonchev–Trinajstić information content (AvgIpc) is 2.62. The zero-order valence-corrected chi connectivity index (χ0v) is 16.1. The number of hydrogen-bond acceptors (Lipinski definition) is 4. The van der Waals surface area contributed by atoms with E-state index >= 15 is 0 Å². The number of ether oxygens (including phenoxy) is 1. The van der Waals surface area contributed by atoms with Crippen LogP contribution in [0.5, 0.6) is 5.75 Å². The molecule has 5 nitrogen and oxygen atoms in total. The number of rotatable bonds is 4. The van der Waals surface area contributed by atoms with Crippen LogP contribution in [-0.2, 0) is 4.79 Å². The molecule has 0 bridgehead atoms. The maximum atomic E-state index is 12.8. The molecule has 0 spiro atoms. The Morgan fingerprint density at radius 1 is 1.28 bits per heavy atom. The first-order chi connectivity index (χ1) is 11.7. The number of nitrogens with zero attached hydrogens (tertiary/aromatic N) is 2. The normalized spacial score (nSPS) is 24.5. The lowest BCUT2D eigenvalue weighted by Crippen LogP contribution is -2.52. The molecule has 0 saturated carbocycles. The number of methoxy groups -OCH3 is 1. The van der Waals surface area contributed by atoms with Gasteiger partial charge in [0.15, 0.2) is 0 Å². The van der Waals surface area contributed by atoms with Crippen LogP contribution in [0, 0.1) is 0 Å². The van der Waals surface area contributed by atoms with Gasteiger partial charge in [0.25, 0.3) is 0 Å². The third-order valence-corrected chi connectivity index (χ3v) is 5.31. The van der Waals surface area contributed by atoms with E-state index in [-0.39, 0.29) is 24.4 Å². The van der Waals surface area contributed by atoms with E-state index in [0.717, 1.165) is 50.3 Å². The van der Waals surface area contributed by atoms with E-state index in [9.17, 15) is 4.79 Å². The van der Waals surface area contributed by atoms with Gasteiger partial charge in [0.05, 0.1) is 19.7 Å². The highest BCUT2D eigenvalue weighted by atomic mass is 35.5. The van der Waals surface area contributed by atoms with Gasteiger partial charge < -0.3 is 15.0 Å². The molecule has 1 amide bonds. The minimum Gasteiger partial charge on any atom is -0.496 e. The Kier molecular flexibility index (Phi) is 7.54. The van der Waals surface area contributed by atoms with Crippen molar-refractivity contribution >= 4 is 18.3 Å². The predicted molar refractivity (Wildman–Crippen MR) is 102 cm³/mol. The summed E-state index contributed by atoms with van der Waals surface area (Å²) >= 11 is 0. The van der Waals surface area contributed by atoms with Crippen molar-refractivity contribution in [2.75, 3.05) is 39.8 Å². The summed E-state index contributed by atoms with van der Waals surface area (Å²) in [5.74, 6) is 1.17. The minimum atomic E-state index is 0. The third kappa shape index (κ3) is 4.66. The minimum absolute atomic E-state index is 0. The highest BCUT2D eigenvalue weighted by Crippen LogP contribution is 2.30. The standard InChI is InChI=1S/C19H29N3O2.ClH/c1-15-7-5-6-11-22(15)19(23)14-21-12-10-20-13-17(21)16-8-3-4-9-18(16)24-2;/h3-4,8-9,15,17,20H,5-7,10-14H2,1-2H3;1H. The molecular weight excluding hydrogens is 338 g/mol. The monoisotopic (exact) mass is 367 g/mol. The summed E-state index contributed by atoms with van der Waals surface area (Å²) in [6, 6.07) is 8.69. The van der Waals surface area contributed by atoms with Crippen LogP contribution in [0.2, 0.25) is 0 Å². The fourth-order valence-electron chi connectivity index (χ4n) is 3.92. The lowest BCUT2D eigenvalue weighted by molar-refractivity contribution is -0.136. The second kappa shape index (κ2) is 9.41. The molecule has 2 aliphatic heterocycles. The van der Waals surface area contributed by atoms with Gasteiger partial charge in [-0.05, 0) is 32.3 Å². The second-order valence-electron chi connectivity index (χ2n) is 6.86. The molecular formula is C19H30ClN3O2. The predicted octanol–water partition coefficient (Wildman–Crippen LogP) is 2.46. The number of amides is 1. The van der Waals surface area contributed by atoms with E-state index in [4.69, 9.17) is 4.74 Å². The maximum Gasteiger partial charge on any atom is 0.237 e. The van der Waals surface area contributed by atoms with Gasteiger partial charge in [-0.3, -0.25) is 9.69 Å². The van der Waals surface area contributed by atoms with Crippen molar-refractivity contribution < 1.29 is 9.53 Å². The number of carbonyl (C=O) groups is 1. The number of piperazine rings is 1. The molecule has 0 aliphatic carbocycles. The largest absolute Gasteiger partial charge is 0.496 e. The molecule has 2 unspecified atom stereocenters. The van der Waals surface area contributed by atoms with Gasteiger partial charge >= 0.3 is 0 Å². The number of halogens is 1. The van der Waals surface area contributed by atoms with Gasteiger partial charge in [-0.15, -0.1) is 12.4 Å². The first-order valence-electron chi connectivity index (χ1n) is 9.08. The Morgan fingerprint density at radius 3 is 2.84 bits per heavy atom. The molecule has 1 N–H and O–H groups in total. The van der Waals surface area contributed by atoms with Gasteiger partial charge in [-0.2, -0.15) is 0 Å². The first-order valence-corrected chi connectivity index (χ1v) is 9.08. The highest BCUT2D eigenvalue weighted by Gasteiger charge is 2.30. The van der Waals surface area contributed by atoms with Crippen LogP contribution < -0.4 is 10.1 Å². The molecule has 2 saturated heterocycles. The van der Waals surface area contributed by atoms with E-state index < -0.39 is 0 Å². The average molecular weight is 368 g/mol. The molecule has 140 valence electrons. The van der Waals surface area contributed by atoms with Gasteiger partial charge in [-0.25, -0.2) is 0 Å². The fraction of sp³-hybridized carbons (Fsp3) is 0.632. The Hall–Kier alpha value is -1.30. The summed E-state index contributed by atoms with van der Waals surface area (Å²) in [7, 11) is 1.71. The molecule has 1 aromatic carbocycles. The van der Waals surface area contributed by atoms with Gasteiger partial charge in [0.1, 0.15) is 5.75 Å². The molecule has 2 heterocycles. The Balaban J connectivity index is 0.00000225. The topological polar surface area (TPSA) is 44.8 Å². The fourth-order valence-corrected chi connectivity index (χ4v) is 3.92. The van der Waals surface area contributed by atoms with Crippen LogP contribution in [0.3, 0.4) is 0 Å². The summed E-state index contributed by atoms with van der Waals surface area (Å²) in [5.41, 5.74) is 1.16. The number of carbonyl (C=O) groups excluding carboxylic acids is 1. The van der Waals surface area contributed by atoms with E-state index in [1.54, 1.807) is 7.11 Å². The number of piperidine rings is 1. The number of likely N-dealkylation sites (tertiary alicyclic amines) is 1. The number of benzene rings is 1. The van der Waals surface area contributed by atoms with E-state index in [0.29, 0.717) is 12.6 Å². The molecule has 3 rings (SSSR count).